The van der Waals surface area contributed by atoms with Crippen LogP contribution in [0.3, 0.4) is 0 Å². The molecule has 11 heteroatoms. The highest BCUT2D eigenvalue weighted by atomic mass is 127. The Labute approximate surface area is 107 Å². The van der Waals surface area contributed by atoms with E-state index in [0.29, 0.717) is 0 Å². The van der Waals surface area contributed by atoms with Crippen LogP contribution in [-0.4, -0.2) is 24.9 Å². The van der Waals surface area contributed by atoms with Gasteiger partial charge >= 0.3 is 6.36 Å². The second-order valence-corrected chi connectivity index (χ2v) is 5.33. The molecule has 1 heterocycles. The van der Waals surface area contributed by atoms with Crippen molar-refractivity contribution in [3.05, 3.63) is 9.64 Å². The summed E-state index contributed by atoms with van der Waals surface area (Å²) in [7, 11) is -4.31. The Morgan fingerprint density at radius 3 is 2.41 bits per heavy atom. The molecule has 1 aromatic rings. The molecule has 0 fully saturated rings. The number of halogens is 4. The van der Waals surface area contributed by atoms with Crippen LogP contribution in [0.4, 0.5) is 13.2 Å². The van der Waals surface area contributed by atoms with Crippen LogP contribution in [0.5, 0.6) is 11.6 Å². The molecule has 0 amide bonds. The first-order chi connectivity index (χ1) is 7.50. The van der Waals surface area contributed by atoms with Gasteiger partial charge in [-0.05, 0) is 22.6 Å². The van der Waals surface area contributed by atoms with Crippen molar-refractivity contribution < 1.29 is 31.4 Å². The molecule has 0 spiro atoms. The van der Waals surface area contributed by atoms with Gasteiger partial charge in [-0.25, -0.2) is 13.6 Å². The van der Waals surface area contributed by atoms with Gasteiger partial charge in [0.15, 0.2) is 10.8 Å². The van der Waals surface area contributed by atoms with Gasteiger partial charge in [-0.1, -0.05) is 0 Å². The number of rotatable bonds is 2. The molecule has 0 unspecified atom stereocenters. The average Bonchev–Trinajstić information content (AvgIpc) is 2.05. The van der Waals surface area contributed by atoms with E-state index in [2.05, 4.69) is 9.72 Å². The minimum Gasteiger partial charge on any atom is -0.503 e. The Hall–Kier alpha value is -0.820. The number of ether oxygens (including phenoxy) is 1. The minimum atomic E-state index is -5.10. The molecular formula is C6H4F3IN2O4S. The fraction of sp³-hybridized carbons (Fsp3) is 0.167. The molecule has 0 saturated heterocycles. The number of aromatic nitrogens is 1. The predicted molar refractivity (Wildman–Crippen MR) is 56.7 cm³/mol. The monoisotopic (exact) mass is 384 g/mol. The van der Waals surface area contributed by atoms with Gasteiger partial charge in [0.25, 0.3) is 15.9 Å². The third kappa shape index (κ3) is 3.85. The number of hydrogen-bond donors (Lipinski definition) is 2. The van der Waals surface area contributed by atoms with Crippen molar-refractivity contribution in [3.8, 4) is 11.6 Å². The third-order valence-corrected chi connectivity index (χ3v) is 3.41. The normalized spacial score (nSPS) is 12.5. The van der Waals surface area contributed by atoms with Crippen LogP contribution in [0, 0.1) is 3.57 Å². The van der Waals surface area contributed by atoms with Crippen LogP contribution in [0.15, 0.2) is 11.1 Å². The molecule has 0 aliphatic rings. The van der Waals surface area contributed by atoms with Gasteiger partial charge in [0.1, 0.15) is 0 Å². The van der Waals surface area contributed by atoms with E-state index in [1.165, 1.54) is 22.6 Å². The Kier molecular flexibility index (Phi) is 3.73. The Balaban J connectivity index is 3.35. The van der Waals surface area contributed by atoms with Gasteiger partial charge in [0.05, 0.1) is 3.57 Å². The van der Waals surface area contributed by atoms with Gasteiger partial charge in [-0.2, -0.15) is 4.98 Å². The quantitative estimate of drug-likeness (QED) is 0.739. The molecule has 17 heavy (non-hydrogen) atoms. The molecule has 0 radical (unpaired) electrons. The lowest BCUT2D eigenvalue weighted by Gasteiger charge is -2.10. The summed E-state index contributed by atoms with van der Waals surface area (Å²) in [4.78, 5) is 3.02. The molecule has 0 atom stereocenters. The van der Waals surface area contributed by atoms with Gasteiger partial charge in [0.2, 0.25) is 0 Å². The zero-order valence-electron chi connectivity index (χ0n) is 7.69. The highest BCUT2D eigenvalue weighted by Gasteiger charge is 2.34. The molecule has 96 valence electrons. The van der Waals surface area contributed by atoms with E-state index in [4.69, 9.17) is 10.2 Å². The highest BCUT2D eigenvalue weighted by Crippen LogP contribution is 2.32. The number of aromatic hydroxyl groups is 1. The second kappa shape index (κ2) is 4.45. The molecule has 6 nitrogen and oxygen atoms in total. The molecule has 0 saturated carbocycles. The number of pyridine rings is 1. The maximum atomic E-state index is 11.9. The van der Waals surface area contributed by atoms with Gasteiger partial charge < -0.3 is 9.84 Å². The maximum Gasteiger partial charge on any atom is 0.574 e. The average molecular weight is 384 g/mol. The van der Waals surface area contributed by atoms with E-state index in [0.717, 1.165) is 6.07 Å². The Morgan fingerprint density at radius 2 is 2.00 bits per heavy atom. The number of hydrogen-bond acceptors (Lipinski definition) is 5. The van der Waals surface area contributed by atoms with Crippen molar-refractivity contribution in [2.24, 2.45) is 5.14 Å². The smallest absolute Gasteiger partial charge is 0.503 e. The maximum absolute atomic E-state index is 11.9. The zero-order chi connectivity index (χ0) is 13.4. The largest absolute Gasteiger partial charge is 0.574 e. The van der Waals surface area contributed by atoms with E-state index < -0.39 is 33.0 Å². The van der Waals surface area contributed by atoms with E-state index in [1.807, 2.05) is 0 Å². The first kappa shape index (κ1) is 14.2. The Morgan fingerprint density at radius 1 is 1.47 bits per heavy atom. The van der Waals surface area contributed by atoms with Crippen LogP contribution in [-0.2, 0) is 10.0 Å². The van der Waals surface area contributed by atoms with E-state index >= 15 is 0 Å². The SMILES string of the molecule is NS(=O)(=O)c1nc(OC(F)(F)F)c(O)cc1I. The van der Waals surface area contributed by atoms with Crippen LogP contribution in [0.1, 0.15) is 0 Å². The third-order valence-electron chi connectivity index (χ3n) is 1.37. The number of nitrogens with zero attached hydrogens (tertiary/aromatic N) is 1. The summed E-state index contributed by atoms with van der Waals surface area (Å²) in [5.41, 5.74) is 0. The summed E-state index contributed by atoms with van der Waals surface area (Å²) in [6.07, 6.45) is -5.10. The van der Waals surface area contributed by atoms with Gasteiger partial charge in [-0.15, -0.1) is 13.2 Å². The summed E-state index contributed by atoms with van der Waals surface area (Å²) in [5, 5.41) is 13.0. The minimum absolute atomic E-state index is 0.128. The fourth-order valence-electron chi connectivity index (χ4n) is 0.831. The molecule has 0 aliphatic heterocycles. The van der Waals surface area contributed by atoms with Gasteiger partial charge in [-0.3, -0.25) is 0 Å². The molecule has 3 N–H and O–H groups in total. The second-order valence-electron chi connectivity index (χ2n) is 2.69. The zero-order valence-corrected chi connectivity index (χ0v) is 10.7. The molecule has 0 bridgehead atoms. The molecule has 1 rings (SSSR count). The predicted octanol–water partition coefficient (Wildman–Crippen LogP) is 0.938. The first-order valence-corrected chi connectivity index (χ1v) is 6.31. The van der Waals surface area contributed by atoms with E-state index in [9.17, 15) is 21.6 Å². The summed E-state index contributed by atoms with van der Waals surface area (Å²) in [6.45, 7) is 0. The summed E-state index contributed by atoms with van der Waals surface area (Å²) in [5.74, 6) is -2.22. The van der Waals surface area contributed by atoms with Crippen LogP contribution in [0.25, 0.3) is 0 Å². The number of alkyl halides is 3. The lowest BCUT2D eigenvalue weighted by molar-refractivity contribution is -0.276. The summed E-state index contributed by atoms with van der Waals surface area (Å²) < 4.78 is 60.8. The van der Waals surface area contributed by atoms with Crippen LogP contribution < -0.4 is 9.88 Å². The van der Waals surface area contributed by atoms with E-state index in [-0.39, 0.29) is 3.57 Å². The number of nitrogens with two attached hydrogens (primary N) is 1. The summed E-state index contributed by atoms with van der Waals surface area (Å²) >= 11 is 1.45. The van der Waals surface area contributed by atoms with Crippen molar-refractivity contribution in [1.82, 2.24) is 4.98 Å². The van der Waals surface area contributed by atoms with Crippen LogP contribution >= 0.6 is 22.6 Å². The highest BCUT2D eigenvalue weighted by molar-refractivity contribution is 14.1. The topological polar surface area (TPSA) is 103 Å². The molecule has 0 aromatic carbocycles. The van der Waals surface area contributed by atoms with Crippen molar-refractivity contribution in [2.75, 3.05) is 0 Å². The lowest BCUT2D eigenvalue weighted by Crippen LogP contribution is -2.20. The molecule has 1 aromatic heterocycles. The number of sulfonamides is 1. The fourth-order valence-corrected chi connectivity index (χ4v) is 2.71. The van der Waals surface area contributed by atoms with E-state index in [1.54, 1.807) is 0 Å². The first-order valence-electron chi connectivity index (χ1n) is 3.69. The van der Waals surface area contributed by atoms with Crippen molar-refractivity contribution in [1.29, 1.82) is 0 Å². The van der Waals surface area contributed by atoms with Crippen LogP contribution in [0.2, 0.25) is 0 Å². The van der Waals surface area contributed by atoms with Gasteiger partial charge in [0, 0.05) is 6.07 Å². The molecule has 0 aliphatic carbocycles. The summed E-state index contributed by atoms with van der Waals surface area (Å²) in [6, 6.07) is 0.744. The van der Waals surface area contributed by atoms with Crippen molar-refractivity contribution in [2.45, 2.75) is 11.4 Å². The number of primary sulfonamides is 1. The van der Waals surface area contributed by atoms with Crippen molar-refractivity contribution in [3.63, 3.8) is 0 Å². The Bertz CT molecular complexity index is 545. The standard InChI is InChI=1S/C6H4F3IN2O4S/c7-6(8,9)16-4-3(13)1-2(10)5(12-4)17(11,14)15/h1,13H,(H2,11,14,15). The lowest BCUT2D eigenvalue weighted by atomic mass is 10.4. The van der Waals surface area contributed by atoms with Crippen molar-refractivity contribution >= 4 is 32.6 Å². The molecular weight excluding hydrogens is 380 g/mol.